The van der Waals surface area contributed by atoms with Crippen molar-refractivity contribution in [3.8, 4) is 0 Å². The summed E-state index contributed by atoms with van der Waals surface area (Å²) >= 11 is 0. The molecule has 0 aromatic carbocycles. The van der Waals surface area contributed by atoms with Gasteiger partial charge in [-0.15, -0.1) is 0 Å². The van der Waals surface area contributed by atoms with E-state index in [4.69, 9.17) is 9.47 Å². The predicted octanol–water partition coefficient (Wildman–Crippen LogP) is 12.7. The first kappa shape index (κ1) is 48.9. The normalized spacial score (nSPS) is 12.2. The van der Waals surface area contributed by atoms with Gasteiger partial charge in [0.2, 0.25) is 0 Å². The minimum absolute atomic E-state index is 0.00741. The number of hydrogen-bond acceptors (Lipinski definition) is 6. The van der Waals surface area contributed by atoms with Crippen LogP contribution in [0.2, 0.25) is 0 Å². The maximum atomic E-state index is 12.7. The Labute approximate surface area is 312 Å². The fourth-order valence-electron chi connectivity index (χ4n) is 6.93. The van der Waals surface area contributed by atoms with E-state index in [2.05, 4.69) is 32.7 Å². The number of aliphatic hydroxyl groups excluding tert-OH is 1. The topological polar surface area (TPSA) is 76.1 Å². The third-order valence-electron chi connectivity index (χ3n) is 10.5. The van der Waals surface area contributed by atoms with Crippen LogP contribution in [0.3, 0.4) is 0 Å². The Bertz CT molecular complexity index is 701. The molecule has 0 saturated heterocycles. The van der Waals surface area contributed by atoms with Crippen LogP contribution in [0.4, 0.5) is 0 Å². The molecule has 50 heavy (non-hydrogen) atoms. The highest BCUT2D eigenvalue weighted by atomic mass is 16.5. The van der Waals surface area contributed by atoms with Gasteiger partial charge in [0.1, 0.15) is 6.10 Å². The van der Waals surface area contributed by atoms with Crippen LogP contribution in [0.15, 0.2) is 0 Å². The number of carbonyl (C=O) groups is 2. The molecule has 1 atom stereocenters. The molecule has 0 fully saturated rings. The third-order valence-corrected chi connectivity index (χ3v) is 10.5. The molecule has 0 radical (unpaired) electrons. The minimum atomic E-state index is -0.0550. The summed E-state index contributed by atoms with van der Waals surface area (Å²) in [4.78, 5) is 27.0. The lowest BCUT2D eigenvalue weighted by molar-refractivity contribution is -0.150. The Hall–Kier alpha value is -1.14. The van der Waals surface area contributed by atoms with Crippen LogP contribution in [-0.2, 0) is 19.1 Å². The smallest absolute Gasteiger partial charge is 0.306 e. The molecule has 298 valence electrons. The van der Waals surface area contributed by atoms with Gasteiger partial charge in [-0.05, 0) is 71.4 Å². The molecular weight excluding hydrogens is 622 g/mol. The highest BCUT2D eigenvalue weighted by molar-refractivity contribution is 5.69. The second-order valence-corrected chi connectivity index (χ2v) is 15.4. The van der Waals surface area contributed by atoms with Gasteiger partial charge < -0.3 is 19.5 Å². The van der Waals surface area contributed by atoms with E-state index in [1.807, 2.05) is 0 Å². The fraction of sp³-hybridized carbons (Fsp3) is 0.955. The molecule has 0 amide bonds. The molecule has 0 aromatic heterocycles. The van der Waals surface area contributed by atoms with Crippen LogP contribution in [0.25, 0.3) is 0 Å². The molecule has 1 N–H and O–H groups in total. The van der Waals surface area contributed by atoms with Crippen LogP contribution < -0.4 is 0 Å². The average Bonchev–Trinajstić information content (AvgIpc) is 3.11. The van der Waals surface area contributed by atoms with Crippen LogP contribution >= 0.6 is 0 Å². The van der Waals surface area contributed by atoms with E-state index >= 15 is 0 Å². The van der Waals surface area contributed by atoms with Gasteiger partial charge >= 0.3 is 11.9 Å². The van der Waals surface area contributed by atoms with E-state index < -0.39 is 0 Å². The van der Waals surface area contributed by atoms with Gasteiger partial charge in [-0.3, -0.25) is 9.59 Å². The summed E-state index contributed by atoms with van der Waals surface area (Å²) in [7, 11) is 2.10. The maximum Gasteiger partial charge on any atom is 0.306 e. The number of likely N-dealkylation sites (N-methyl/N-ethyl adjacent to an activating group) is 1. The first-order chi connectivity index (χ1) is 24.5. The highest BCUT2D eigenvalue weighted by Gasteiger charge is 2.16. The van der Waals surface area contributed by atoms with Crippen molar-refractivity contribution in [3.63, 3.8) is 0 Å². The molecule has 0 rings (SSSR count). The number of aliphatic hydroxyl groups is 1. The molecule has 0 aromatic rings. The van der Waals surface area contributed by atoms with Gasteiger partial charge in [-0.1, -0.05) is 162 Å². The number of unbranched alkanes of at least 4 members (excludes halogenated alkanes) is 23. The van der Waals surface area contributed by atoms with Gasteiger partial charge in [0, 0.05) is 18.9 Å². The number of hydrogen-bond donors (Lipinski definition) is 1. The van der Waals surface area contributed by atoms with Crippen LogP contribution in [0, 0.1) is 0 Å². The van der Waals surface area contributed by atoms with Gasteiger partial charge in [-0.2, -0.15) is 0 Å². The molecule has 0 bridgehead atoms. The van der Waals surface area contributed by atoms with Crippen molar-refractivity contribution in [2.24, 2.45) is 0 Å². The molecule has 0 saturated carbocycles. The molecule has 0 aliphatic rings. The summed E-state index contributed by atoms with van der Waals surface area (Å²) < 4.78 is 11.4. The number of ether oxygens (including phenoxy) is 2. The Morgan fingerprint density at radius 1 is 0.500 bits per heavy atom. The monoisotopic (exact) mass is 710 g/mol. The van der Waals surface area contributed by atoms with Crippen molar-refractivity contribution in [1.82, 2.24) is 4.90 Å². The third kappa shape index (κ3) is 34.0. The van der Waals surface area contributed by atoms with E-state index in [-0.39, 0.29) is 30.7 Å². The molecule has 1 unspecified atom stereocenters. The summed E-state index contributed by atoms with van der Waals surface area (Å²) in [5.41, 5.74) is 0. The lowest BCUT2D eigenvalue weighted by atomic mass is 10.0. The molecule has 0 spiro atoms. The van der Waals surface area contributed by atoms with Crippen LogP contribution in [0.1, 0.15) is 233 Å². The van der Waals surface area contributed by atoms with Crippen molar-refractivity contribution in [3.05, 3.63) is 0 Å². The summed E-state index contributed by atoms with van der Waals surface area (Å²) in [5, 5.41) is 9.99. The lowest BCUT2D eigenvalue weighted by Crippen LogP contribution is -2.35. The zero-order chi connectivity index (χ0) is 36.8. The number of carbonyl (C=O) groups excluding carboxylic acids is 2. The molecule has 6 heteroatoms. The van der Waals surface area contributed by atoms with E-state index in [9.17, 15) is 14.7 Å². The first-order valence-electron chi connectivity index (χ1n) is 22.1. The number of rotatable bonds is 40. The standard InChI is InChI=1S/C44H87NO5/c1-5-8-11-14-17-18-19-24-32-39-49-43(47)36-30-25-31-38-45(4)41(40-46)33-26-22-23-29-37-44(48)50-42(34-27-20-15-12-9-6-2)35-28-21-16-13-10-7-3/h41-42,46H,5-40H2,1-4H3. The van der Waals surface area contributed by atoms with Crippen molar-refractivity contribution >= 4 is 11.9 Å². The first-order valence-corrected chi connectivity index (χ1v) is 22.1. The van der Waals surface area contributed by atoms with E-state index in [1.54, 1.807) is 0 Å². The van der Waals surface area contributed by atoms with Crippen molar-refractivity contribution < 1.29 is 24.2 Å². The van der Waals surface area contributed by atoms with Gasteiger partial charge in [-0.25, -0.2) is 0 Å². The Kier molecular flexibility index (Phi) is 38.2. The van der Waals surface area contributed by atoms with Crippen LogP contribution in [0.5, 0.6) is 0 Å². The zero-order valence-corrected chi connectivity index (χ0v) is 34.1. The largest absolute Gasteiger partial charge is 0.466 e. The second-order valence-electron chi connectivity index (χ2n) is 15.4. The minimum Gasteiger partial charge on any atom is -0.466 e. The fourth-order valence-corrected chi connectivity index (χ4v) is 6.93. The maximum absolute atomic E-state index is 12.7. The Morgan fingerprint density at radius 3 is 1.40 bits per heavy atom. The van der Waals surface area contributed by atoms with Gasteiger partial charge in [0.05, 0.1) is 13.2 Å². The van der Waals surface area contributed by atoms with E-state index in [1.165, 1.54) is 122 Å². The highest BCUT2D eigenvalue weighted by Crippen LogP contribution is 2.19. The molecule has 0 aliphatic heterocycles. The Morgan fingerprint density at radius 2 is 0.900 bits per heavy atom. The van der Waals surface area contributed by atoms with E-state index in [0.29, 0.717) is 19.4 Å². The van der Waals surface area contributed by atoms with Crippen molar-refractivity contribution in [2.45, 2.75) is 245 Å². The molecule has 6 nitrogen and oxygen atoms in total. The Balaban J connectivity index is 3.99. The van der Waals surface area contributed by atoms with Gasteiger partial charge in [0.15, 0.2) is 0 Å². The number of esters is 2. The van der Waals surface area contributed by atoms with Crippen molar-refractivity contribution in [2.75, 3.05) is 26.8 Å². The molecular formula is C44H87NO5. The summed E-state index contributed by atoms with van der Waals surface area (Å²) in [5.74, 6) is -0.0624. The zero-order valence-electron chi connectivity index (χ0n) is 34.1. The summed E-state index contributed by atoms with van der Waals surface area (Å²) in [6.07, 6.45) is 37.9. The SMILES string of the molecule is CCCCCCCCCCCOC(=O)CCCCCN(C)C(CO)CCCCCCC(=O)OC(CCCCCCCC)CCCCCCCC. The van der Waals surface area contributed by atoms with Crippen LogP contribution in [-0.4, -0.2) is 60.9 Å². The summed E-state index contributed by atoms with van der Waals surface area (Å²) in [6, 6.07) is 0.172. The molecule has 0 heterocycles. The quantitative estimate of drug-likeness (QED) is 0.0504. The second kappa shape index (κ2) is 39.1. The van der Waals surface area contributed by atoms with Crippen molar-refractivity contribution in [1.29, 1.82) is 0 Å². The predicted molar refractivity (Wildman–Crippen MR) is 214 cm³/mol. The van der Waals surface area contributed by atoms with E-state index in [0.717, 1.165) is 83.6 Å². The van der Waals surface area contributed by atoms with Gasteiger partial charge in [0.25, 0.3) is 0 Å². The lowest BCUT2D eigenvalue weighted by Gasteiger charge is -2.26. The average molecular weight is 710 g/mol. The molecule has 0 aliphatic carbocycles. The summed E-state index contributed by atoms with van der Waals surface area (Å²) in [6.45, 7) is 8.44. The number of nitrogens with zero attached hydrogens (tertiary/aromatic N) is 1.